The number of hydrogen-bond acceptors (Lipinski definition) is 7. The monoisotopic (exact) mass is 429 g/mol. The molecule has 5 heterocycles. The minimum atomic E-state index is -0.555. The smallest absolute Gasteiger partial charge is 0.298 e. The fourth-order valence-electron chi connectivity index (χ4n) is 4.57. The number of aromatic nitrogens is 4. The summed E-state index contributed by atoms with van der Waals surface area (Å²) in [6.07, 6.45) is 1.78. The molecule has 0 amide bonds. The molecule has 0 radical (unpaired) electrons. The quantitative estimate of drug-likeness (QED) is 0.594. The molecule has 1 atom stereocenters. The van der Waals surface area contributed by atoms with Crippen LogP contribution in [0, 0.1) is 19.3 Å². The number of aryl methyl sites for hydroxylation is 2. The normalized spacial score (nSPS) is 21.3. The van der Waals surface area contributed by atoms with E-state index in [4.69, 9.17) is 0 Å². The van der Waals surface area contributed by atoms with Crippen LogP contribution < -0.4 is 11.1 Å². The second kappa shape index (κ2) is 7.00. The summed E-state index contributed by atoms with van der Waals surface area (Å²) >= 11 is 3.38. The van der Waals surface area contributed by atoms with Gasteiger partial charge < -0.3 is 0 Å². The highest BCUT2D eigenvalue weighted by atomic mass is 32.1. The summed E-state index contributed by atoms with van der Waals surface area (Å²) in [5.74, 6) is 0.732. The van der Waals surface area contributed by atoms with E-state index < -0.39 is 11.1 Å². The van der Waals surface area contributed by atoms with Crippen LogP contribution in [0.1, 0.15) is 32.7 Å². The maximum Gasteiger partial charge on any atom is 0.332 e. The van der Waals surface area contributed by atoms with Crippen molar-refractivity contribution < 1.29 is 0 Å². The van der Waals surface area contributed by atoms with Crippen molar-refractivity contribution in [1.29, 1.82) is 0 Å². The Bertz CT molecular complexity index is 1190. The van der Waals surface area contributed by atoms with E-state index in [0.717, 1.165) is 49.0 Å². The second-order valence-electron chi connectivity index (χ2n) is 8.28. The Morgan fingerprint density at radius 3 is 2.72 bits per heavy atom. The predicted octanol–water partition coefficient (Wildman–Crippen LogP) is 2.04. The molecule has 0 aliphatic carbocycles. The van der Waals surface area contributed by atoms with E-state index in [-0.39, 0.29) is 12.0 Å². The van der Waals surface area contributed by atoms with Crippen molar-refractivity contribution in [2.24, 2.45) is 5.41 Å². The number of thiazole rings is 1. The molecule has 2 aliphatic heterocycles. The van der Waals surface area contributed by atoms with Crippen molar-refractivity contribution in [1.82, 2.24) is 24.2 Å². The highest BCUT2D eigenvalue weighted by Crippen LogP contribution is 2.39. The average Bonchev–Trinajstić information content (AvgIpc) is 3.44. The molecule has 29 heavy (non-hydrogen) atoms. The Morgan fingerprint density at radius 2 is 2.00 bits per heavy atom. The Balaban J connectivity index is 1.37. The highest BCUT2D eigenvalue weighted by molar-refractivity contribution is 7.11. The minimum absolute atomic E-state index is 0.00824. The van der Waals surface area contributed by atoms with Crippen LogP contribution in [0.25, 0.3) is 0 Å². The molecule has 0 unspecified atom stereocenters. The predicted molar refractivity (Wildman–Crippen MR) is 114 cm³/mol. The standard InChI is InChI=1S/C20H23N5O2S2/c1-13-3-4-16(29-13)9-23-6-5-20(11-23)7-17-22-25(8-15-10-28-14(2)21-15)19(27)18(26)24(17)12-20/h3-4,10H,5-9,11-12H2,1-2H3/t20-/m0/s1. The van der Waals surface area contributed by atoms with E-state index in [9.17, 15) is 9.59 Å². The first-order valence-electron chi connectivity index (χ1n) is 9.80. The first kappa shape index (κ1) is 18.9. The molecule has 1 fully saturated rings. The lowest BCUT2D eigenvalue weighted by atomic mass is 9.86. The van der Waals surface area contributed by atoms with Gasteiger partial charge in [0.05, 0.1) is 17.2 Å². The molecule has 1 saturated heterocycles. The largest absolute Gasteiger partial charge is 0.332 e. The molecule has 0 aromatic carbocycles. The van der Waals surface area contributed by atoms with E-state index >= 15 is 0 Å². The molecule has 5 rings (SSSR count). The number of fused-ring (bicyclic) bond motifs is 1. The maximum atomic E-state index is 12.8. The Hall–Kier alpha value is -2.10. The maximum absolute atomic E-state index is 12.8. The molecule has 3 aromatic heterocycles. The van der Waals surface area contributed by atoms with Gasteiger partial charge in [-0.15, -0.1) is 22.7 Å². The van der Waals surface area contributed by atoms with Gasteiger partial charge in [0.1, 0.15) is 5.82 Å². The molecule has 0 bridgehead atoms. The lowest BCUT2D eigenvalue weighted by molar-refractivity contribution is 0.247. The van der Waals surface area contributed by atoms with E-state index in [0.29, 0.717) is 6.54 Å². The van der Waals surface area contributed by atoms with Crippen LogP contribution in [0.5, 0.6) is 0 Å². The van der Waals surface area contributed by atoms with Crippen molar-refractivity contribution >= 4 is 22.7 Å². The van der Waals surface area contributed by atoms with E-state index in [1.807, 2.05) is 23.6 Å². The Morgan fingerprint density at radius 1 is 1.14 bits per heavy atom. The van der Waals surface area contributed by atoms with Gasteiger partial charge in [0, 0.05) is 46.6 Å². The van der Waals surface area contributed by atoms with E-state index in [1.165, 1.54) is 25.8 Å². The number of rotatable bonds is 4. The second-order valence-corrected chi connectivity index (χ2v) is 10.7. The van der Waals surface area contributed by atoms with Crippen LogP contribution in [0.3, 0.4) is 0 Å². The summed E-state index contributed by atoms with van der Waals surface area (Å²) in [6, 6.07) is 4.37. The molecule has 0 saturated carbocycles. The third-order valence-corrected chi connectivity index (χ3v) is 7.72. The lowest BCUT2D eigenvalue weighted by Gasteiger charge is -2.22. The molecule has 7 nitrogen and oxygen atoms in total. The van der Waals surface area contributed by atoms with Gasteiger partial charge in [-0.25, -0.2) is 9.67 Å². The summed E-state index contributed by atoms with van der Waals surface area (Å²) in [6.45, 7) is 7.81. The Labute approximate surface area is 176 Å². The zero-order chi connectivity index (χ0) is 20.2. The topological polar surface area (TPSA) is 73.0 Å². The van der Waals surface area contributed by atoms with Gasteiger partial charge in [-0.2, -0.15) is 5.10 Å². The zero-order valence-electron chi connectivity index (χ0n) is 16.6. The van der Waals surface area contributed by atoms with Crippen molar-refractivity contribution in [2.75, 3.05) is 13.1 Å². The van der Waals surface area contributed by atoms with Crippen LogP contribution >= 0.6 is 22.7 Å². The van der Waals surface area contributed by atoms with Crippen LogP contribution in [0.2, 0.25) is 0 Å². The minimum Gasteiger partial charge on any atom is -0.298 e. The first-order valence-corrected chi connectivity index (χ1v) is 11.5. The summed E-state index contributed by atoms with van der Waals surface area (Å²) in [5, 5.41) is 7.42. The summed E-state index contributed by atoms with van der Waals surface area (Å²) in [7, 11) is 0. The van der Waals surface area contributed by atoms with Gasteiger partial charge in [-0.3, -0.25) is 19.1 Å². The molecule has 3 aromatic rings. The van der Waals surface area contributed by atoms with Gasteiger partial charge in [-0.1, -0.05) is 0 Å². The van der Waals surface area contributed by atoms with E-state index in [1.54, 1.807) is 4.57 Å². The SMILES string of the molecule is Cc1ccc(CN2CC[C@]3(Cc4nn(Cc5csc(C)n5)c(=O)c(=O)n4C3)C2)s1. The Kier molecular flexibility index (Phi) is 4.56. The summed E-state index contributed by atoms with van der Waals surface area (Å²) in [4.78, 5) is 34.9. The first-order chi connectivity index (χ1) is 13.9. The van der Waals surface area contributed by atoms with Gasteiger partial charge >= 0.3 is 11.1 Å². The molecule has 2 aliphatic rings. The molecule has 0 N–H and O–H groups in total. The third-order valence-electron chi connectivity index (χ3n) is 5.91. The molecular formula is C20H23N5O2S2. The average molecular weight is 430 g/mol. The van der Waals surface area contributed by atoms with Crippen LogP contribution in [-0.4, -0.2) is 37.3 Å². The lowest BCUT2D eigenvalue weighted by Crippen LogP contribution is -2.43. The molecule has 152 valence electrons. The van der Waals surface area contributed by atoms with Crippen LogP contribution in [0.4, 0.5) is 0 Å². The number of likely N-dealkylation sites (tertiary alicyclic amines) is 1. The zero-order valence-corrected chi connectivity index (χ0v) is 18.2. The van der Waals surface area contributed by atoms with Crippen molar-refractivity contribution in [2.45, 2.75) is 46.3 Å². The molecule has 1 spiro atoms. The fraction of sp³-hybridized carbons (Fsp3) is 0.500. The van der Waals surface area contributed by atoms with Crippen molar-refractivity contribution in [3.05, 3.63) is 64.5 Å². The van der Waals surface area contributed by atoms with Crippen molar-refractivity contribution in [3.8, 4) is 0 Å². The molecular weight excluding hydrogens is 406 g/mol. The number of thiophene rings is 1. The number of nitrogens with zero attached hydrogens (tertiary/aromatic N) is 5. The summed E-state index contributed by atoms with van der Waals surface area (Å²) in [5.41, 5.74) is -0.224. The van der Waals surface area contributed by atoms with Crippen LogP contribution in [-0.2, 0) is 26.1 Å². The van der Waals surface area contributed by atoms with Gasteiger partial charge in [0.25, 0.3) is 0 Å². The van der Waals surface area contributed by atoms with Gasteiger partial charge in [-0.05, 0) is 38.9 Å². The number of hydrogen-bond donors (Lipinski definition) is 0. The van der Waals surface area contributed by atoms with Gasteiger partial charge in [0.15, 0.2) is 0 Å². The van der Waals surface area contributed by atoms with Crippen molar-refractivity contribution in [3.63, 3.8) is 0 Å². The third kappa shape index (κ3) is 3.51. The van der Waals surface area contributed by atoms with E-state index in [2.05, 4.69) is 34.0 Å². The fourth-order valence-corrected chi connectivity index (χ4v) is 6.11. The van der Waals surface area contributed by atoms with Gasteiger partial charge in [0.2, 0.25) is 0 Å². The summed E-state index contributed by atoms with van der Waals surface area (Å²) < 4.78 is 2.91. The molecule has 9 heteroatoms. The van der Waals surface area contributed by atoms with Crippen LogP contribution in [0.15, 0.2) is 27.1 Å². The highest BCUT2D eigenvalue weighted by Gasteiger charge is 2.44.